The molecule has 8 heteroatoms. The van der Waals surface area contributed by atoms with Gasteiger partial charge in [-0.3, -0.25) is 9.59 Å². The van der Waals surface area contributed by atoms with Crippen molar-refractivity contribution in [3.8, 4) is 5.75 Å². The number of anilines is 1. The fourth-order valence-corrected chi connectivity index (χ4v) is 2.38. The van der Waals surface area contributed by atoms with Gasteiger partial charge in [-0.1, -0.05) is 31.1 Å². The molecular weight excluding hydrogens is 326 g/mol. The summed E-state index contributed by atoms with van der Waals surface area (Å²) in [7, 11) is 0. The molecule has 2 aromatic rings. The number of nitrogens with zero attached hydrogens (tertiary/aromatic N) is 2. The number of amides is 1. The summed E-state index contributed by atoms with van der Waals surface area (Å²) >= 11 is 0. The number of fused-ring (bicyclic) bond motifs is 1. The molecule has 1 N–H and O–H groups in total. The van der Waals surface area contributed by atoms with E-state index in [0.29, 0.717) is 29.6 Å². The van der Waals surface area contributed by atoms with Crippen LogP contribution in [-0.2, 0) is 27.4 Å². The zero-order valence-corrected chi connectivity index (χ0v) is 14.0. The molecule has 1 atom stereocenters. The van der Waals surface area contributed by atoms with E-state index in [2.05, 4.69) is 15.5 Å². The summed E-state index contributed by atoms with van der Waals surface area (Å²) in [5, 5.41) is 6.52. The normalized spacial score (nSPS) is 16.1. The molecular formula is C17H19N3O5. The lowest BCUT2D eigenvalue weighted by Crippen LogP contribution is -2.38. The minimum atomic E-state index is -0.929. The number of para-hydroxylation sites is 2. The Morgan fingerprint density at radius 1 is 1.36 bits per heavy atom. The van der Waals surface area contributed by atoms with Gasteiger partial charge in [0.25, 0.3) is 11.8 Å². The maximum Gasteiger partial charge on any atom is 0.310 e. The van der Waals surface area contributed by atoms with E-state index < -0.39 is 12.1 Å². The van der Waals surface area contributed by atoms with Crippen LogP contribution in [0.25, 0.3) is 0 Å². The van der Waals surface area contributed by atoms with Gasteiger partial charge in [-0.2, -0.15) is 4.98 Å². The third-order valence-electron chi connectivity index (χ3n) is 3.52. The maximum atomic E-state index is 12.0. The van der Waals surface area contributed by atoms with Gasteiger partial charge < -0.3 is 19.3 Å². The van der Waals surface area contributed by atoms with Gasteiger partial charge >= 0.3 is 5.97 Å². The highest BCUT2D eigenvalue weighted by molar-refractivity contribution is 5.99. The average molecular weight is 345 g/mol. The first-order chi connectivity index (χ1) is 12.0. The summed E-state index contributed by atoms with van der Waals surface area (Å²) in [4.78, 5) is 28.1. The van der Waals surface area contributed by atoms with Crippen LogP contribution >= 0.6 is 0 Å². The van der Waals surface area contributed by atoms with Crippen molar-refractivity contribution < 1.29 is 23.6 Å². The predicted octanol–water partition coefficient (Wildman–Crippen LogP) is 2.10. The van der Waals surface area contributed by atoms with Crippen molar-refractivity contribution in [1.29, 1.82) is 0 Å². The Bertz CT molecular complexity index is 771. The molecule has 132 valence electrons. The molecule has 8 nitrogen and oxygen atoms in total. The molecule has 25 heavy (non-hydrogen) atoms. The first-order valence-electron chi connectivity index (χ1n) is 8.05. The second-order valence-electron chi connectivity index (χ2n) is 6.16. The van der Waals surface area contributed by atoms with E-state index in [9.17, 15) is 9.59 Å². The molecule has 3 rings (SSSR count). The Morgan fingerprint density at radius 2 is 2.16 bits per heavy atom. The summed E-state index contributed by atoms with van der Waals surface area (Å²) in [5.74, 6) is 0.764. The number of benzene rings is 1. The first kappa shape index (κ1) is 16.9. The Balaban J connectivity index is 1.51. The number of aromatic nitrogens is 2. The van der Waals surface area contributed by atoms with Crippen molar-refractivity contribution in [3.63, 3.8) is 0 Å². The summed E-state index contributed by atoms with van der Waals surface area (Å²) in [6, 6.07) is 7.03. The molecule has 1 aromatic heterocycles. The largest absolute Gasteiger partial charge is 0.478 e. The molecule has 0 saturated carbocycles. The van der Waals surface area contributed by atoms with E-state index in [0.717, 1.165) is 0 Å². The lowest BCUT2D eigenvalue weighted by molar-refractivity contribution is -0.149. The van der Waals surface area contributed by atoms with E-state index in [-0.39, 0.29) is 24.8 Å². The van der Waals surface area contributed by atoms with Gasteiger partial charge in [0.1, 0.15) is 5.75 Å². The number of rotatable bonds is 6. The van der Waals surface area contributed by atoms with E-state index >= 15 is 0 Å². The van der Waals surface area contributed by atoms with E-state index in [1.807, 2.05) is 13.8 Å². The smallest absolute Gasteiger partial charge is 0.310 e. The molecule has 1 unspecified atom stereocenters. The molecule has 0 aliphatic carbocycles. The summed E-state index contributed by atoms with van der Waals surface area (Å²) < 4.78 is 15.7. The zero-order valence-electron chi connectivity index (χ0n) is 14.0. The molecule has 1 amide bonds. The zero-order chi connectivity index (χ0) is 17.8. The SMILES string of the molecule is CC(C)Cc1noc(COC(=O)CC2Oc3ccccc3NC2=O)n1. The first-order valence-corrected chi connectivity index (χ1v) is 8.05. The van der Waals surface area contributed by atoms with Gasteiger partial charge in [0, 0.05) is 6.42 Å². The minimum absolute atomic E-state index is 0.130. The third-order valence-corrected chi connectivity index (χ3v) is 3.52. The van der Waals surface area contributed by atoms with Crippen LogP contribution in [0.4, 0.5) is 5.69 Å². The van der Waals surface area contributed by atoms with Gasteiger partial charge in [-0.15, -0.1) is 0 Å². The quantitative estimate of drug-likeness (QED) is 0.800. The molecule has 0 radical (unpaired) electrons. The number of hydrogen-bond acceptors (Lipinski definition) is 7. The number of nitrogens with one attached hydrogen (secondary N) is 1. The summed E-state index contributed by atoms with van der Waals surface area (Å²) in [5.41, 5.74) is 0.584. The highest BCUT2D eigenvalue weighted by Crippen LogP contribution is 2.29. The number of ether oxygens (including phenoxy) is 2. The standard InChI is InChI=1S/C17H19N3O5/c1-10(2)7-14-19-15(25-20-14)9-23-16(21)8-13-17(22)18-11-5-3-4-6-12(11)24-13/h3-6,10,13H,7-9H2,1-2H3,(H,18,22). The van der Waals surface area contributed by atoms with Gasteiger partial charge in [0.15, 0.2) is 18.5 Å². The lowest BCUT2D eigenvalue weighted by atomic mass is 10.1. The van der Waals surface area contributed by atoms with Crippen molar-refractivity contribution in [1.82, 2.24) is 10.1 Å². The fourth-order valence-electron chi connectivity index (χ4n) is 2.38. The number of hydrogen-bond donors (Lipinski definition) is 1. The van der Waals surface area contributed by atoms with Crippen molar-refractivity contribution in [2.45, 2.75) is 39.4 Å². The van der Waals surface area contributed by atoms with E-state index in [1.165, 1.54) is 0 Å². The molecule has 1 aliphatic rings. The second-order valence-corrected chi connectivity index (χ2v) is 6.16. The Morgan fingerprint density at radius 3 is 2.96 bits per heavy atom. The highest BCUT2D eigenvalue weighted by atomic mass is 16.6. The topological polar surface area (TPSA) is 104 Å². The number of carbonyl (C=O) groups excluding carboxylic acids is 2. The number of carbonyl (C=O) groups is 2. The average Bonchev–Trinajstić information content (AvgIpc) is 3.00. The van der Waals surface area contributed by atoms with Crippen LogP contribution in [0.3, 0.4) is 0 Å². The molecule has 0 bridgehead atoms. The maximum absolute atomic E-state index is 12.0. The van der Waals surface area contributed by atoms with Crippen LogP contribution in [0.2, 0.25) is 0 Å². The van der Waals surface area contributed by atoms with Crippen LogP contribution in [0.15, 0.2) is 28.8 Å². The second kappa shape index (κ2) is 7.33. The van der Waals surface area contributed by atoms with Crippen molar-refractivity contribution in [2.24, 2.45) is 5.92 Å². The number of esters is 1. The van der Waals surface area contributed by atoms with Crippen molar-refractivity contribution in [3.05, 3.63) is 36.0 Å². The Hall–Kier alpha value is -2.90. The third kappa shape index (κ3) is 4.34. The van der Waals surface area contributed by atoms with Crippen LogP contribution in [-0.4, -0.2) is 28.1 Å². The minimum Gasteiger partial charge on any atom is -0.478 e. The van der Waals surface area contributed by atoms with Gasteiger partial charge in [-0.05, 0) is 18.1 Å². The Kier molecular flexibility index (Phi) is 4.97. The van der Waals surface area contributed by atoms with E-state index in [4.69, 9.17) is 14.0 Å². The van der Waals surface area contributed by atoms with Crippen molar-refractivity contribution >= 4 is 17.6 Å². The monoisotopic (exact) mass is 345 g/mol. The fraction of sp³-hybridized carbons (Fsp3) is 0.412. The molecule has 1 aromatic carbocycles. The van der Waals surface area contributed by atoms with Crippen LogP contribution in [0, 0.1) is 5.92 Å². The highest BCUT2D eigenvalue weighted by Gasteiger charge is 2.30. The van der Waals surface area contributed by atoms with Crippen LogP contribution < -0.4 is 10.1 Å². The molecule has 0 spiro atoms. The van der Waals surface area contributed by atoms with Gasteiger partial charge in [-0.25, -0.2) is 0 Å². The van der Waals surface area contributed by atoms with Gasteiger partial charge in [0.2, 0.25) is 0 Å². The predicted molar refractivity (Wildman–Crippen MR) is 86.7 cm³/mol. The molecule has 1 aliphatic heterocycles. The summed E-state index contributed by atoms with van der Waals surface area (Å²) in [6.07, 6.45) is -0.443. The van der Waals surface area contributed by atoms with E-state index in [1.54, 1.807) is 24.3 Å². The Labute approximate surface area is 144 Å². The van der Waals surface area contributed by atoms with Crippen LogP contribution in [0.1, 0.15) is 32.0 Å². The van der Waals surface area contributed by atoms with Crippen molar-refractivity contribution in [2.75, 3.05) is 5.32 Å². The van der Waals surface area contributed by atoms with Crippen LogP contribution in [0.5, 0.6) is 5.75 Å². The molecule has 0 fully saturated rings. The molecule has 0 saturated heterocycles. The lowest BCUT2D eigenvalue weighted by Gasteiger charge is -2.24. The molecule has 2 heterocycles. The summed E-state index contributed by atoms with van der Waals surface area (Å²) in [6.45, 7) is 3.96. The van der Waals surface area contributed by atoms with Gasteiger partial charge in [0.05, 0.1) is 12.1 Å².